The number of carbonyl (C=O) groups excluding carboxylic acids is 2. The third-order valence-corrected chi connectivity index (χ3v) is 4.36. The third-order valence-electron chi connectivity index (χ3n) is 4.36. The molecule has 0 heterocycles. The molecule has 0 fully saturated rings. The largest absolute Gasteiger partial charge is 0.463 e. The molecule has 0 N–H and O–H groups in total. The van der Waals surface area contributed by atoms with Crippen LogP contribution in [0.3, 0.4) is 0 Å². The van der Waals surface area contributed by atoms with Crippen molar-refractivity contribution in [3.8, 4) is 0 Å². The zero-order valence-corrected chi connectivity index (χ0v) is 16.9. The number of hydrogen-bond acceptors (Lipinski definition) is 4. The van der Waals surface area contributed by atoms with Crippen molar-refractivity contribution in [1.82, 2.24) is 0 Å². The molecule has 0 saturated heterocycles. The smallest absolute Gasteiger partial charge is 0.331 e. The molecule has 0 aliphatic carbocycles. The Morgan fingerprint density at radius 3 is 1.84 bits per heavy atom. The number of ether oxygens (including phenoxy) is 2. The summed E-state index contributed by atoms with van der Waals surface area (Å²) in [5.41, 5.74) is -0.125. The Labute approximate surface area is 154 Å². The van der Waals surface area contributed by atoms with Gasteiger partial charge in [0.25, 0.3) is 0 Å². The predicted molar refractivity (Wildman–Crippen MR) is 102 cm³/mol. The van der Waals surface area contributed by atoms with Gasteiger partial charge < -0.3 is 9.47 Å². The van der Waals surface area contributed by atoms with Crippen LogP contribution in [0.4, 0.5) is 0 Å². The minimum atomic E-state index is -0.512. The fourth-order valence-corrected chi connectivity index (χ4v) is 2.16. The molecule has 0 aliphatic rings. The molecule has 1 atom stereocenters. The van der Waals surface area contributed by atoms with E-state index in [0.717, 1.165) is 25.0 Å². The molecule has 0 spiro atoms. The molecule has 0 bridgehead atoms. The number of hydrogen-bond donors (Lipinski definition) is 0. The first-order valence-corrected chi connectivity index (χ1v) is 9.82. The zero-order chi connectivity index (χ0) is 19.1. The van der Waals surface area contributed by atoms with Crippen LogP contribution in [0.5, 0.6) is 0 Å². The molecule has 0 radical (unpaired) electrons. The Bertz CT molecular complexity index is 393. The summed E-state index contributed by atoms with van der Waals surface area (Å²) in [6.07, 6.45) is 13.1. The molecule has 146 valence electrons. The van der Waals surface area contributed by atoms with Crippen LogP contribution in [0.1, 0.15) is 92.4 Å². The quantitative estimate of drug-likeness (QED) is 0.246. The highest BCUT2D eigenvalue weighted by atomic mass is 16.5. The van der Waals surface area contributed by atoms with Crippen molar-refractivity contribution < 1.29 is 19.1 Å². The Morgan fingerprint density at radius 2 is 1.32 bits per heavy atom. The summed E-state index contributed by atoms with van der Waals surface area (Å²) in [7, 11) is 0. The molecule has 4 nitrogen and oxygen atoms in total. The average Bonchev–Trinajstić information content (AvgIpc) is 2.53. The highest BCUT2D eigenvalue weighted by molar-refractivity contribution is 5.91. The second-order valence-electron chi connectivity index (χ2n) is 7.77. The van der Waals surface area contributed by atoms with E-state index in [1.54, 1.807) is 0 Å². The molecular formula is C21H38O4. The summed E-state index contributed by atoms with van der Waals surface area (Å²) in [5, 5.41) is 0. The Morgan fingerprint density at radius 1 is 0.840 bits per heavy atom. The minimum absolute atomic E-state index is 0.125. The second-order valence-corrected chi connectivity index (χ2v) is 7.77. The van der Waals surface area contributed by atoms with E-state index in [9.17, 15) is 9.59 Å². The van der Waals surface area contributed by atoms with Gasteiger partial charge in [0.1, 0.15) is 6.10 Å². The van der Waals surface area contributed by atoms with Gasteiger partial charge in [-0.25, -0.2) is 9.59 Å². The first-order chi connectivity index (χ1) is 11.8. The number of esters is 2. The van der Waals surface area contributed by atoms with Crippen molar-refractivity contribution >= 4 is 11.9 Å². The van der Waals surface area contributed by atoms with Crippen LogP contribution in [0.15, 0.2) is 12.2 Å². The Hall–Kier alpha value is -1.32. The lowest BCUT2D eigenvalue weighted by Gasteiger charge is -2.26. The second kappa shape index (κ2) is 13.9. The van der Waals surface area contributed by atoms with E-state index in [-0.39, 0.29) is 11.5 Å². The van der Waals surface area contributed by atoms with E-state index in [4.69, 9.17) is 9.47 Å². The van der Waals surface area contributed by atoms with Crippen LogP contribution in [0.25, 0.3) is 0 Å². The highest BCUT2D eigenvalue weighted by Gasteiger charge is 2.22. The van der Waals surface area contributed by atoms with Gasteiger partial charge in [-0.1, -0.05) is 79.1 Å². The van der Waals surface area contributed by atoms with Crippen LogP contribution in [-0.4, -0.2) is 24.6 Å². The maximum atomic E-state index is 11.6. The van der Waals surface area contributed by atoms with Gasteiger partial charge in [-0.15, -0.1) is 0 Å². The van der Waals surface area contributed by atoms with Crippen molar-refractivity contribution in [2.24, 2.45) is 5.41 Å². The molecule has 0 rings (SSSR count). The van der Waals surface area contributed by atoms with Crippen LogP contribution < -0.4 is 0 Å². The predicted octanol–water partition coefficient (Wildman–Crippen LogP) is 5.59. The van der Waals surface area contributed by atoms with Crippen LogP contribution in [-0.2, 0) is 19.1 Å². The van der Waals surface area contributed by atoms with Crippen LogP contribution in [0, 0.1) is 5.41 Å². The summed E-state index contributed by atoms with van der Waals surface area (Å²) in [6, 6.07) is 0. The highest BCUT2D eigenvalue weighted by Crippen LogP contribution is 2.21. The molecule has 0 aromatic rings. The monoisotopic (exact) mass is 354 g/mol. The summed E-state index contributed by atoms with van der Waals surface area (Å²) in [5.74, 6) is -0.998. The van der Waals surface area contributed by atoms with Gasteiger partial charge in [-0.2, -0.15) is 0 Å². The lowest BCUT2D eigenvalue weighted by Crippen LogP contribution is -2.28. The van der Waals surface area contributed by atoms with Gasteiger partial charge in [-0.3, -0.25) is 0 Å². The van der Waals surface area contributed by atoms with Crippen molar-refractivity contribution in [2.75, 3.05) is 6.61 Å². The minimum Gasteiger partial charge on any atom is -0.463 e. The van der Waals surface area contributed by atoms with E-state index in [2.05, 4.69) is 6.92 Å². The number of carbonyl (C=O) groups is 2. The SMILES string of the molecule is CCCCCCCCCCCOC(=O)/C=C/C(=O)OC(C)C(C)(C)C. The van der Waals surface area contributed by atoms with E-state index >= 15 is 0 Å². The lowest BCUT2D eigenvalue weighted by molar-refractivity contribution is -0.147. The van der Waals surface area contributed by atoms with Crippen molar-refractivity contribution in [3.63, 3.8) is 0 Å². The van der Waals surface area contributed by atoms with Gasteiger partial charge in [0.05, 0.1) is 6.61 Å². The van der Waals surface area contributed by atoms with Crippen molar-refractivity contribution in [3.05, 3.63) is 12.2 Å². The molecule has 25 heavy (non-hydrogen) atoms. The van der Waals surface area contributed by atoms with Crippen LogP contribution in [0.2, 0.25) is 0 Å². The topological polar surface area (TPSA) is 52.6 Å². The van der Waals surface area contributed by atoms with E-state index in [1.807, 2.05) is 27.7 Å². The molecule has 0 aromatic heterocycles. The molecule has 4 heteroatoms. The molecule has 0 saturated carbocycles. The molecule has 0 aromatic carbocycles. The number of rotatable bonds is 13. The third kappa shape index (κ3) is 14.7. The Balaban J connectivity index is 3.65. The summed E-state index contributed by atoms with van der Waals surface area (Å²) < 4.78 is 10.3. The van der Waals surface area contributed by atoms with Crippen molar-refractivity contribution in [2.45, 2.75) is 98.5 Å². The standard InChI is InChI=1S/C21H38O4/c1-6-7-8-9-10-11-12-13-14-17-24-19(22)15-16-20(23)25-18(2)21(3,4)5/h15-16,18H,6-14,17H2,1-5H3/b16-15+. The molecule has 1 unspecified atom stereocenters. The summed E-state index contributed by atoms with van der Waals surface area (Å²) in [6.45, 7) is 10.5. The molecular weight excluding hydrogens is 316 g/mol. The van der Waals surface area contributed by atoms with Crippen LogP contribution >= 0.6 is 0 Å². The maximum absolute atomic E-state index is 11.6. The number of unbranched alkanes of at least 4 members (excludes halogenated alkanes) is 8. The fraction of sp³-hybridized carbons (Fsp3) is 0.810. The zero-order valence-electron chi connectivity index (χ0n) is 16.9. The van der Waals surface area contributed by atoms with E-state index in [1.165, 1.54) is 44.9 Å². The first kappa shape index (κ1) is 23.7. The normalized spacial score (nSPS) is 13.0. The average molecular weight is 355 g/mol. The van der Waals surface area contributed by atoms with E-state index in [0.29, 0.717) is 6.61 Å². The van der Waals surface area contributed by atoms with Gasteiger partial charge in [0.15, 0.2) is 0 Å². The summed E-state index contributed by atoms with van der Waals surface area (Å²) in [4.78, 5) is 23.2. The lowest BCUT2D eigenvalue weighted by atomic mass is 9.90. The van der Waals surface area contributed by atoms with Gasteiger partial charge in [0, 0.05) is 12.2 Å². The fourth-order valence-electron chi connectivity index (χ4n) is 2.16. The molecule has 0 aliphatic heterocycles. The summed E-state index contributed by atoms with van der Waals surface area (Å²) >= 11 is 0. The molecule has 0 amide bonds. The van der Waals surface area contributed by atoms with Gasteiger partial charge >= 0.3 is 11.9 Å². The van der Waals surface area contributed by atoms with Gasteiger partial charge in [-0.05, 0) is 18.8 Å². The van der Waals surface area contributed by atoms with Crippen molar-refractivity contribution in [1.29, 1.82) is 0 Å². The van der Waals surface area contributed by atoms with E-state index < -0.39 is 11.9 Å². The van der Waals surface area contributed by atoms with Gasteiger partial charge in [0.2, 0.25) is 0 Å². The maximum Gasteiger partial charge on any atom is 0.331 e. The first-order valence-electron chi connectivity index (χ1n) is 9.82. The Kier molecular flexibility index (Phi) is 13.2.